The Labute approximate surface area is 79.4 Å². The van der Waals surface area contributed by atoms with Crippen molar-refractivity contribution in [2.45, 2.75) is 21.5 Å². The fraction of sp³-hybridized carbons (Fsp3) is 1.00. The number of alkyl halides is 5. The average molecular weight is 230 g/mol. The monoisotopic (exact) mass is 228 g/mol. The van der Waals surface area contributed by atoms with Crippen molar-refractivity contribution in [3.8, 4) is 0 Å². The van der Waals surface area contributed by atoms with Gasteiger partial charge in [0.2, 0.25) is 0 Å². The highest BCUT2D eigenvalue weighted by molar-refractivity contribution is 6.49. The Morgan fingerprint density at radius 3 is 1.44 bits per heavy atom. The number of hydrogen-bond donors (Lipinski definition) is 0. The molecule has 0 aliphatic rings. The molecule has 0 nitrogen and oxygen atoms in total. The summed E-state index contributed by atoms with van der Waals surface area (Å²) in [6.45, 7) is 0. The quantitative estimate of drug-likeness (QED) is 0.650. The largest absolute Gasteiger partial charge is 0.124 e. The zero-order valence-electron chi connectivity index (χ0n) is 4.33. The predicted molar refractivity (Wildman–Crippen MR) is 45.2 cm³/mol. The van der Waals surface area contributed by atoms with Crippen LogP contribution in [0, 0.1) is 0 Å². The number of halogens is 5. The van der Waals surface area contributed by atoms with Gasteiger partial charge in [-0.1, -0.05) is 0 Å². The van der Waals surface area contributed by atoms with Gasteiger partial charge < -0.3 is 0 Å². The lowest BCUT2D eigenvalue weighted by atomic mass is 10.4. The van der Waals surface area contributed by atoms with E-state index >= 15 is 0 Å². The van der Waals surface area contributed by atoms with E-state index in [0.717, 1.165) is 0 Å². The molecule has 0 fully saturated rings. The highest BCUT2D eigenvalue weighted by atomic mass is 35.5. The van der Waals surface area contributed by atoms with Crippen molar-refractivity contribution in [2.75, 3.05) is 0 Å². The topological polar surface area (TPSA) is 0 Å². The van der Waals surface area contributed by atoms with E-state index in [1.165, 1.54) is 0 Å². The van der Waals surface area contributed by atoms with Crippen LogP contribution in [0.15, 0.2) is 0 Å². The minimum Gasteiger partial charge on any atom is -0.120 e. The second-order valence-electron chi connectivity index (χ2n) is 1.48. The molecule has 5 heteroatoms. The summed E-state index contributed by atoms with van der Waals surface area (Å²) in [5.74, 6) is 0. The molecule has 0 N–H and O–H groups in total. The molecule has 0 radical (unpaired) electrons. The van der Waals surface area contributed by atoms with Gasteiger partial charge in [0.1, 0.15) is 9.67 Å². The van der Waals surface area contributed by atoms with E-state index < -0.39 is 9.67 Å². The molecular formula is C4H5Cl5. The van der Waals surface area contributed by atoms with E-state index in [1.807, 2.05) is 0 Å². The van der Waals surface area contributed by atoms with Crippen LogP contribution < -0.4 is 0 Å². The van der Waals surface area contributed by atoms with Crippen molar-refractivity contribution in [3.05, 3.63) is 0 Å². The van der Waals surface area contributed by atoms with Gasteiger partial charge in [-0.2, -0.15) is 0 Å². The molecule has 1 unspecified atom stereocenters. The fourth-order valence-corrected chi connectivity index (χ4v) is 1.22. The maximum Gasteiger partial charge on any atom is 0.124 e. The molecule has 0 aliphatic carbocycles. The van der Waals surface area contributed by atoms with Crippen molar-refractivity contribution in [1.29, 1.82) is 0 Å². The van der Waals surface area contributed by atoms with E-state index in [-0.39, 0.29) is 5.38 Å². The van der Waals surface area contributed by atoms with Crippen LogP contribution in [0.3, 0.4) is 0 Å². The second kappa shape index (κ2) is 5.15. The summed E-state index contributed by atoms with van der Waals surface area (Å²) in [5, 5.41) is -0.367. The van der Waals surface area contributed by atoms with E-state index in [1.54, 1.807) is 0 Å². The molecule has 0 heterocycles. The van der Waals surface area contributed by atoms with Crippen LogP contribution in [-0.2, 0) is 0 Å². The van der Waals surface area contributed by atoms with Crippen LogP contribution in [0.25, 0.3) is 0 Å². The summed E-state index contributed by atoms with van der Waals surface area (Å²) in [5.41, 5.74) is 0. The lowest BCUT2D eigenvalue weighted by molar-refractivity contribution is 0.846. The maximum absolute atomic E-state index is 5.58. The van der Waals surface area contributed by atoms with Crippen molar-refractivity contribution < 1.29 is 0 Å². The molecule has 0 aliphatic heterocycles. The third-order valence-corrected chi connectivity index (χ3v) is 2.33. The van der Waals surface area contributed by atoms with Gasteiger partial charge in [-0.3, -0.25) is 0 Å². The Morgan fingerprint density at radius 2 is 1.33 bits per heavy atom. The van der Waals surface area contributed by atoms with Gasteiger partial charge in [-0.15, -0.1) is 58.0 Å². The molecule has 56 valence electrons. The zero-order chi connectivity index (χ0) is 7.44. The lowest BCUT2D eigenvalue weighted by Crippen LogP contribution is -2.11. The van der Waals surface area contributed by atoms with Crippen molar-refractivity contribution in [3.63, 3.8) is 0 Å². The van der Waals surface area contributed by atoms with E-state index in [0.29, 0.717) is 6.42 Å². The summed E-state index contributed by atoms with van der Waals surface area (Å²) >= 11 is 27.1. The smallest absolute Gasteiger partial charge is 0.120 e. The number of hydrogen-bond acceptors (Lipinski definition) is 0. The number of rotatable bonds is 3. The summed E-state index contributed by atoms with van der Waals surface area (Å²) in [6.07, 6.45) is 0.405. The van der Waals surface area contributed by atoms with Gasteiger partial charge in [-0.05, 0) is 6.42 Å². The van der Waals surface area contributed by atoms with Gasteiger partial charge in [-0.25, -0.2) is 0 Å². The van der Waals surface area contributed by atoms with Gasteiger partial charge in [0.25, 0.3) is 0 Å². The molecule has 0 saturated carbocycles. The van der Waals surface area contributed by atoms with Gasteiger partial charge >= 0.3 is 0 Å². The first-order valence-electron chi connectivity index (χ1n) is 2.24. The predicted octanol–water partition coefficient (Wildman–Crippen LogP) is 3.59. The SMILES string of the molecule is ClC(Cl)CC(Cl)C(Cl)Cl. The molecule has 0 amide bonds. The first-order chi connectivity index (χ1) is 4.04. The highest BCUT2D eigenvalue weighted by Crippen LogP contribution is 2.22. The molecular weight excluding hydrogens is 225 g/mol. The molecule has 0 saturated heterocycles. The Hall–Kier alpha value is 1.45. The van der Waals surface area contributed by atoms with E-state index in [4.69, 9.17) is 58.0 Å². The minimum absolute atomic E-state index is 0.367. The first kappa shape index (κ1) is 10.4. The Kier molecular flexibility index (Phi) is 5.98. The van der Waals surface area contributed by atoms with Gasteiger partial charge in [0, 0.05) is 0 Å². The maximum atomic E-state index is 5.58. The summed E-state index contributed by atoms with van der Waals surface area (Å²) in [4.78, 5) is -1.10. The second-order valence-corrected chi connectivity index (χ2v) is 4.48. The molecule has 0 spiro atoms. The highest BCUT2D eigenvalue weighted by Gasteiger charge is 2.16. The first-order valence-corrected chi connectivity index (χ1v) is 4.42. The van der Waals surface area contributed by atoms with Gasteiger partial charge in [0.15, 0.2) is 0 Å². The molecule has 0 rings (SSSR count). The average Bonchev–Trinajstić information content (AvgIpc) is 1.63. The van der Waals surface area contributed by atoms with Crippen LogP contribution in [0.2, 0.25) is 0 Å². The van der Waals surface area contributed by atoms with E-state index in [9.17, 15) is 0 Å². The summed E-state index contributed by atoms with van der Waals surface area (Å²) in [6, 6.07) is 0. The lowest BCUT2D eigenvalue weighted by Gasteiger charge is -2.08. The summed E-state index contributed by atoms with van der Waals surface area (Å²) in [7, 11) is 0. The van der Waals surface area contributed by atoms with Crippen molar-refractivity contribution >= 4 is 58.0 Å². The molecule has 0 aromatic heterocycles. The third kappa shape index (κ3) is 5.87. The Balaban J connectivity index is 3.38. The molecule has 1 atom stereocenters. The Bertz CT molecular complexity index is 71.4. The fourth-order valence-electron chi connectivity index (χ4n) is 0.273. The van der Waals surface area contributed by atoms with Crippen molar-refractivity contribution in [1.82, 2.24) is 0 Å². The Morgan fingerprint density at radius 1 is 0.889 bits per heavy atom. The minimum atomic E-state index is -0.605. The molecule has 0 aromatic rings. The standard InChI is InChI=1S/C4H5Cl5/c5-2(4(8)9)1-3(6)7/h2-4H,1H2. The molecule has 0 bridgehead atoms. The van der Waals surface area contributed by atoms with Crippen LogP contribution in [0.4, 0.5) is 0 Å². The zero-order valence-corrected chi connectivity index (χ0v) is 8.11. The van der Waals surface area contributed by atoms with Crippen LogP contribution in [0.1, 0.15) is 6.42 Å². The summed E-state index contributed by atoms with van der Waals surface area (Å²) < 4.78 is 0. The van der Waals surface area contributed by atoms with Crippen LogP contribution in [-0.4, -0.2) is 15.0 Å². The normalized spacial score (nSPS) is 15.0. The molecule has 0 aromatic carbocycles. The molecule has 9 heavy (non-hydrogen) atoms. The van der Waals surface area contributed by atoms with E-state index in [2.05, 4.69) is 0 Å². The van der Waals surface area contributed by atoms with Gasteiger partial charge in [0.05, 0.1) is 5.38 Å². The van der Waals surface area contributed by atoms with Crippen LogP contribution in [0.5, 0.6) is 0 Å². The van der Waals surface area contributed by atoms with Crippen molar-refractivity contribution in [2.24, 2.45) is 0 Å². The third-order valence-electron chi connectivity index (χ3n) is 0.677. The van der Waals surface area contributed by atoms with Crippen LogP contribution >= 0.6 is 58.0 Å².